The maximum Gasteiger partial charge on any atom is 0.264 e. The summed E-state index contributed by atoms with van der Waals surface area (Å²) in [5.41, 5.74) is 3.35. The van der Waals surface area contributed by atoms with E-state index in [4.69, 9.17) is 9.47 Å². The number of hydrogen-bond acceptors (Lipinski definition) is 6. The summed E-state index contributed by atoms with van der Waals surface area (Å²) in [6.07, 6.45) is 1.97. The van der Waals surface area contributed by atoms with Crippen LogP contribution in [0, 0.1) is 6.92 Å². The Kier molecular flexibility index (Phi) is 5.79. The molecule has 0 radical (unpaired) electrons. The van der Waals surface area contributed by atoms with Gasteiger partial charge in [0.1, 0.15) is 0 Å². The SMILES string of the molecule is Cc1nn(C)cc1CN1CCO[C@@H](c2c(C(=O)N3CCOCC3)sc3ccccc23)C1. The quantitative estimate of drug-likeness (QED) is 0.624. The molecular formula is C23H28N4O3S. The normalized spacial score (nSPS) is 20.5. The summed E-state index contributed by atoms with van der Waals surface area (Å²) in [6.45, 7) is 7.67. The van der Waals surface area contributed by atoms with Crippen molar-refractivity contribution < 1.29 is 14.3 Å². The summed E-state index contributed by atoms with van der Waals surface area (Å²) in [4.78, 5) is 18.6. The van der Waals surface area contributed by atoms with E-state index in [1.807, 2.05) is 28.8 Å². The molecule has 0 aliphatic carbocycles. The summed E-state index contributed by atoms with van der Waals surface area (Å²) in [7, 11) is 1.96. The Balaban J connectivity index is 1.45. The van der Waals surface area contributed by atoms with Gasteiger partial charge < -0.3 is 14.4 Å². The number of nitrogens with zero attached hydrogens (tertiary/aromatic N) is 4. The Bertz CT molecular complexity index is 1090. The predicted molar refractivity (Wildman–Crippen MR) is 120 cm³/mol. The van der Waals surface area contributed by atoms with E-state index < -0.39 is 0 Å². The van der Waals surface area contributed by atoms with E-state index in [0.717, 1.165) is 45.9 Å². The molecule has 2 fully saturated rings. The van der Waals surface area contributed by atoms with Crippen molar-refractivity contribution in [1.29, 1.82) is 0 Å². The molecule has 1 aromatic carbocycles. The first-order valence-electron chi connectivity index (χ1n) is 10.8. The molecule has 2 saturated heterocycles. The Morgan fingerprint density at radius 1 is 1.19 bits per heavy atom. The third-order valence-corrected chi connectivity index (χ3v) is 7.28. The van der Waals surface area contributed by atoms with Gasteiger partial charge in [-0.05, 0) is 18.4 Å². The van der Waals surface area contributed by atoms with Crippen LogP contribution in [0.15, 0.2) is 30.5 Å². The van der Waals surface area contributed by atoms with E-state index in [-0.39, 0.29) is 12.0 Å². The van der Waals surface area contributed by atoms with Crippen molar-refractivity contribution in [2.75, 3.05) is 46.0 Å². The largest absolute Gasteiger partial charge is 0.378 e. The number of aromatic nitrogens is 2. The molecule has 8 heteroatoms. The van der Waals surface area contributed by atoms with Crippen molar-refractivity contribution in [2.24, 2.45) is 7.05 Å². The molecular weight excluding hydrogens is 412 g/mol. The van der Waals surface area contributed by atoms with Gasteiger partial charge in [0.25, 0.3) is 5.91 Å². The number of amides is 1. The number of carbonyl (C=O) groups excluding carboxylic acids is 1. The monoisotopic (exact) mass is 440 g/mol. The van der Waals surface area contributed by atoms with Crippen molar-refractivity contribution in [3.05, 3.63) is 52.2 Å². The average Bonchev–Trinajstić information content (AvgIpc) is 3.33. The zero-order chi connectivity index (χ0) is 21.4. The van der Waals surface area contributed by atoms with Gasteiger partial charge in [-0.15, -0.1) is 11.3 Å². The maximum atomic E-state index is 13.5. The van der Waals surface area contributed by atoms with Crippen molar-refractivity contribution in [3.8, 4) is 0 Å². The van der Waals surface area contributed by atoms with Crippen LogP contribution >= 0.6 is 11.3 Å². The molecule has 5 rings (SSSR count). The van der Waals surface area contributed by atoms with Crippen LogP contribution in [0.3, 0.4) is 0 Å². The fourth-order valence-electron chi connectivity index (χ4n) is 4.52. The lowest BCUT2D eigenvalue weighted by atomic mass is 10.0. The molecule has 0 unspecified atom stereocenters. The molecule has 3 aromatic rings. The minimum Gasteiger partial charge on any atom is -0.378 e. The number of fused-ring (bicyclic) bond motifs is 1. The van der Waals surface area contributed by atoms with E-state index in [0.29, 0.717) is 32.9 Å². The molecule has 1 atom stereocenters. The smallest absolute Gasteiger partial charge is 0.264 e. The lowest BCUT2D eigenvalue weighted by Gasteiger charge is -2.34. The van der Waals surface area contributed by atoms with Crippen LogP contribution in [-0.4, -0.2) is 71.5 Å². The summed E-state index contributed by atoms with van der Waals surface area (Å²) >= 11 is 1.59. The summed E-state index contributed by atoms with van der Waals surface area (Å²) in [6, 6.07) is 8.29. The van der Waals surface area contributed by atoms with Crippen molar-refractivity contribution in [3.63, 3.8) is 0 Å². The van der Waals surface area contributed by atoms with Gasteiger partial charge in [0.05, 0.1) is 36.5 Å². The van der Waals surface area contributed by atoms with Crippen LogP contribution in [0.4, 0.5) is 0 Å². The highest BCUT2D eigenvalue weighted by Gasteiger charge is 2.32. The van der Waals surface area contributed by atoms with Gasteiger partial charge in [0, 0.05) is 61.8 Å². The zero-order valence-corrected chi connectivity index (χ0v) is 18.9. The Morgan fingerprint density at radius 2 is 2.00 bits per heavy atom. The zero-order valence-electron chi connectivity index (χ0n) is 18.0. The number of aryl methyl sites for hydroxylation is 2. The molecule has 4 heterocycles. The molecule has 0 N–H and O–H groups in total. The molecule has 7 nitrogen and oxygen atoms in total. The number of benzene rings is 1. The molecule has 31 heavy (non-hydrogen) atoms. The van der Waals surface area contributed by atoms with Crippen LogP contribution in [0.5, 0.6) is 0 Å². The standard InChI is InChI=1S/C23H28N4O3S/c1-16-17(13-25(2)24-16)14-26-7-12-30-19(15-26)21-18-5-3-4-6-20(18)31-22(21)23(28)27-8-10-29-11-9-27/h3-6,13,19H,7-12,14-15H2,1-2H3/t19-/m1/s1. The average molecular weight is 441 g/mol. The molecule has 164 valence electrons. The second-order valence-electron chi connectivity index (χ2n) is 8.25. The Morgan fingerprint density at radius 3 is 2.77 bits per heavy atom. The van der Waals surface area contributed by atoms with Crippen LogP contribution in [0.2, 0.25) is 0 Å². The number of ether oxygens (including phenoxy) is 2. The van der Waals surface area contributed by atoms with E-state index in [2.05, 4.69) is 35.3 Å². The molecule has 0 saturated carbocycles. The summed E-state index contributed by atoms with van der Waals surface area (Å²) in [5, 5.41) is 5.61. The molecule has 2 aromatic heterocycles. The highest BCUT2D eigenvalue weighted by Crippen LogP contribution is 2.39. The maximum absolute atomic E-state index is 13.5. The Labute approximate surface area is 186 Å². The van der Waals surface area contributed by atoms with Gasteiger partial charge in [-0.3, -0.25) is 14.4 Å². The van der Waals surface area contributed by atoms with E-state index in [1.54, 1.807) is 11.3 Å². The predicted octanol–water partition coefficient (Wildman–Crippen LogP) is 2.99. The molecule has 0 bridgehead atoms. The highest BCUT2D eigenvalue weighted by atomic mass is 32.1. The first-order valence-corrected chi connectivity index (χ1v) is 11.6. The van der Waals surface area contributed by atoms with Crippen LogP contribution in [0.25, 0.3) is 10.1 Å². The fraction of sp³-hybridized carbons (Fsp3) is 0.478. The first kappa shape index (κ1) is 20.6. The first-order chi connectivity index (χ1) is 15.1. The third-order valence-electron chi connectivity index (χ3n) is 6.11. The number of carbonyl (C=O) groups is 1. The van der Waals surface area contributed by atoms with Gasteiger partial charge in [-0.1, -0.05) is 18.2 Å². The lowest BCUT2D eigenvalue weighted by Crippen LogP contribution is -2.41. The van der Waals surface area contributed by atoms with Crippen molar-refractivity contribution in [1.82, 2.24) is 19.6 Å². The van der Waals surface area contributed by atoms with Gasteiger partial charge in [0.15, 0.2) is 0 Å². The number of thiophene rings is 1. The topological polar surface area (TPSA) is 59.8 Å². The Hall–Kier alpha value is -2.26. The molecule has 2 aliphatic heterocycles. The van der Waals surface area contributed by atoms with Crippen molar-refractivity contribution >= 4 is 27.3 Å². The van der Waals surface area contributed by atoms with Crippen LogP contribution < -0.4 is 0 Å². The van der Waals surface area contributed by atoms with Crippen LogP contribution in [-0.2, 0) is 23.1 Å². The molecule has 2 aliphatic rings. The van der Waals surface area contributed by atoms with Gasteiger partial charge >= 0.3 is 0 Å². The van der Waals surface area contributed by atoms with Crippen molar-refractivity contribution in [2.45, 2.75) is 19.6 Å². The number of hydrogen-bond donors (Lipinski definition) is 0. The summed E-state index contributed by atoms with van der Waals surface area (Å²) < 4.78 is 14.7. The third kappa shape index (κ3) is 4.13. The summed E-state index contributed by atoms with van der Waals surface area (Å²) in [5.74, 6) is 0.100. The van der Waals surface area contributed by atoms with E-state index in [1.165, 1.54) is 5.56 Å². The minimum atomic E-state index is -0.123. The number of morpholine rings is 2. The highest BCUT2D eigenvalue weighted by molar-refractivity contribution is 7.21. The molecule has 0 spiro atoms. The van der Waals surface area contributed by atoms with Gasteiger partial charge in [-0.25, -0.2) is 0 Å². The second kappa shape index (κ2) is 8.70. The van der Waals surface area contributed by atoms with Crippen LogP contribution in [0.1, 0.15) is 32.6 Å². The van der Waals surface area contributed by atoms with Gasteiger partial charge in [-0.2, -0.15) is 5.10 Å². The molecule has 1 amide bonds. The van der Waals surface area contributed by atoms with E-state index >= 15 is 0 Å². The lowest BCUT2D eigenvalue weighted by molar-refractivity contribution is -0.0325. The van der Waals surface area contributed by atoms with E-state index in [9.17, 15) is 4.79 Å². The number of rotatable bonds is 4. The second-order valence-corrected chi connectivity index (χ2v) is 9.31. The van der Waals surface area contributed by atoms with Gasteiger partial charge in [0.2, 0.25) is 0 Å². The minimum absolute atomic E-state index is 0.100. The fourth-order valence-corrected chi connectivity index (χ4v) is 5.74.